The lowest BCUT2D eigenvalue weighted by molar-refractivity contribution is 0.669. The van der Waals surface area contributed by atoms with E-state index in [2.05, 4.69) is 235 Å². The summed E-state index contributed by atoms with van der Waals surface area (Å²) in [5, 5.41) is 4.69. The molecule has 0 saturated carbocycles. The van der Waals surface area contributed by atoms with E-state index >= 15 is 0 Å². The molecule has 1 aliphatic carbocycles. The molecule has 0 amide bonds. The highest BCUT2D eigenvalue weighted by atomic mass is 16.3. The van der Waals surface area contributed by atoms with E-state index in [0.717, 1.165) is 55.7 Å². The van der Waals surface area contributed by atoms with Gasteiger partial charge in [0.2, 0.25) is 0 Å². The van der Waals surface area contributed by atoms with Crippen LogP contribution >= 0.6 is 0 Å². The molecule has 0 atom stereocenters. The van der Waals surface area contributed by atoms with Crippen molar-refractivity contribution in [3.63, 3.8) is 0 Å². The lowest BCUT2D eigenvalue weighted by atomic mass is 9.67. The van der Waals surface area contributed by atoms with Crippen molar-refractivity contribution >= 4 is 49.8 Å². The minimum Gasteiger partial charge on any atom is -0.456 e. The van der Waals surface area contributed by atoms with Crippen LogP contribution in [0.4, 0.5) is 17.1 Å². The topological polar surface area (TPSA) is 16.4 Å². The summed E-state index contributed by atoms with van der Waals surface area (Å²) in [6.45, 7) is 0. The highest BCUT2D eigenvalue weighted by Gasteiger charge is 2.46. The van der Waals surface area contributed by atoms with Crippen molar-refractivity contribution in [2.45, 2.75) is 5.41 Å². The third kappa shape index (κ3) is 5.50. The number of hydrogen-bond acceptors (Lipinski definition) is 2. The number of rotatable bonds is 7. The Labute approximate surface area is 355 Å². The van der Waals surface area contributed by atoms with Gasteiger partial charge in [0.15, 0.2) is 0 Å². The zero-order valence-electron chi connectivity index (χ0n) is 33.4. The predicted molar refractivity (Wildman–Crippen MR) is 254 cm³/mol. The minimum absolute atomic E-state index is 0.538. The van der Waals surface area contributed by atoms with Crippen molar-refractivity contribution in [1.82, 2.24) is 0 Å². The number of fused-ring (bicyclic) bond motifs is 7. The van der Waals surface area contributed by atoms with Crippen LogP contribution in [-0.4, -0.2) is 0 Å². The zero-order valence-corrected chi connectivity index (χ0v) is 33.4. The highest BCUT2D eigenvalue weighted by molar-refractivity contribution is 6.14. The Hall–Kier alpha value is -7.94. The molecule has 2 heteroatoms. The minimum atomic E-state index is -0.538. The highest BCUT2D eigenvalue weighted by Crippen LogP contribution is 2.57. The van der Waals surface area contributed by atoms with Gasteiger partial charge in [0.05, 0.1) is 11.1 Å². The van der Waals surface area contributed by atoms with Crippen molar-refractivity contribution in [3.8, 4) is 33.4 Å². The van der Waals surface area contributed by atoms with E-state index in [4.69, 9.17) is 4.42 Å². The average Bonchev–Trinajstić information content (AvgIpc) is 3.86. The van der Waals surface area contributed by atoms with Crippen LogP contribution in [0.3, 0.4) is 0 Å². The van der Waals surface area contributed by atoms with Gasteiger partial charge < -0.3 is 9.32 Å². The molecule has 0 spiro atoms. The molecule has 0 bridgehead atoms. The molecule has 1 heterocycles. The second kappa shape index (κ2) is 14.1. The number of nitrogens with zero attached hydrogens (tertiary/aromatic N) is 1. The largest absolute Gasteiger partial charge is 0.456 e. The van der Waals surface area contributed by atoms with E-state index in [0.29, 0.717) is 0 Å². The van der Waals surface area contributed by atoms with Gasteiger partial charge in [-0.25, -0.2) is 0 Å². The fourth-order valence-corrected chi connectivity index (χ4v) is 10.1. The molecule has 1 aromatic heterocycles. The van der Waals surface area contributed by atoms with Crippen LogP contribution in [0.25, 0.3) is 66.1 Å². The second-order valence-corrected chi connectivity index (χ2v) is 16.0. The molecular formula is C59H39NO. The van der Waals surface area contributed by atoms with Crippen LogP contribution in [0.2, 0.25) is 0 Å². The molecule has 0 aliphatic heterocycles. The summed E-state index contributed by atoms with van der Waals surface area (Å²) >= 11 is 0. The lowest BCUT2D eigenvalue weighted by Crippen LogP contribution is -2.28. The Kier molecular flexibility index (Phi) is 8.11. The zero-order chi connectivity index (χ0) is 40.3. The lowest BCUT2D eigenvalue weighted by Gasteiger charge is -2.35. The number of hydrogen-bond donors (Lipinski definition) is 0. The molecule has 11 aromatic rings. The summed E-state index contributed by atoms with van der Waals surface area (Å²) in [4.78, 5) is 2.46. The molecule has 2 nitrogen and oxygen atoms in total. The fourth-order valence-electron chi connectivity index (χ4n) is 10.1. The van der Waals surface area contributed by atoms with E-state index in [1.807, 2.05) is 6.07 Å². The Bertz CT molecular complexity index is 3400. The summed E-state index contributed by atoms with van der Waals surface area (Å²) in [5.41, 5.74) is 16.6. The molecule has 1 aliphatic rings. The third-order valence-electron chi connectivity index (χ3n) is 12.7. The molecule has 0 N–H and O–H groups in total. The first-order valence-corrected chi connectivity index (χ1v) is 21.0. The normalized spacial score (nSPS) is 12.7. The van der Waals surface area contributed by atoms with Crippen LogP contribution in [0.15, 0.2) is 241 Å². The monoisotopic (exact) mass is 777 g/mol. The second-order valence-electron chi connectivity index (χ2n) is 16.0. The van der Waals surface area contributed by atoms with Crippen molar-refractivity contribution in [3.05, 3.63) is 259 Å². The van der Waals surface area contributed by atoms with Gasteiger partial charge in [-0.15, -0.1) is 0 Å². The van der Waals surface area contributed by atoms with Crippen molar-refractivity contribution < 1.29 is 4.42 Å². The molecular weight excluding hydrogens is 739 g/mol. The maximum atomic E-state index is 6.45. The van der Waals surface area contributed by atoms with E-state index < -0.39 is 5.41 Å². The van der Waals surface area contributed by atoms with Crippen LogP contribution < -0.4 is 4.90 Å². The molecule has 0 fully saturated rings. The van der Waals surface area contributed by atoms with Crippen LogP contribution in [-0.2, 0) is 5.41 Å². The number of benzene rings is 10. The Morgan fingerprint density at radius 3 is 1.79 bits per heavy atom. The summed E-state index contributed by atoms with van der Waals surface area (Å²) in [6.07, 6.45) is 0. The Morgan fingerprint density at radius 2 is 0.951 bits per heavy atom. The Balaban J connectivity index is 1.14. The van der Waals surface area contributed by atoms with Crippen LogP contribution in [0.1, 0.15) is 22.3 Å². The summed E-state index contributed by atoms with van der Waals surface area (Å²) in [7, 11) is 0. The van der Waals surface area contributed by atoms with Gasteiger partial charge in [-0.1, -0.05) is 188 Å². The first-order chi connectivity index (χ1) is 30.3. The smallest absolute Gasteiger partial charge is 0.136 e. The molecule has 61 heavy (non-hydrogen) atoms. The molecule has 0 unspecified atom stereocenters. The van der Waals surface area contributed by atoms with Gasteiger partial charge in [0.1, 0.15) is 11.2 Å². The number of anilines is 3. The van der Waals surface area contributed by atoms with Gasteiger partial charge in [-0.2, -0.15) is 0 Å². The molecule has 12 rings (SSSR count). The van der Waals surface area contributed by atoms with Crippen LogP contribution in [0.5, 0.6) is 0 Å². The van der Waals surface area contributed by atoms with Gasteiger partial charge >= 0.3 is 0 Å². The molecule has 286 valence electrons. The standard InChI is InChI=1S/C59H39NO/c1-3-20-44(21-4-1)59(45-22-5-2-6-23-45)53-29-12-9-25-48(53)49-36-35-47(39-54(49)59)60(46-24-15-19-42(38-46)43-34-33-40-17-7-8-18-41(40)37-43)55-30-13-10-26-50(55)51-28-16-32-57-58(51)52-27-11-14-31-56(52)61-57/h1-39H. The number of para-hydroxylation sites is 2. The summed E-state index contributed by atoms with van der Waals surface area (Å²) in [6, 6.07) is 86.2. The van der Waals surface area contributed by atoms with Crippen LogP contribution in [0, 0.1) is 0 Å². The maximum Gasteiger partial charge on any atom is 0.136 e. The first-order valence-electron chi connectivity index (χ1n) is 21.0. The van der Waals surface area contributed by atoms with E-state index in [1.165, 1.54) is 49.7 Å². The van der Waals surface area contributed by atoms with Gasteiger partial charge in [0, 0.05) is 27.7 Å². The van der Waals surface area contributed by atoms with Gasteiger partial charge in [0.25, 0.3) is 0 Å². The first kappa shape index (κ1) is 35.0. The summed E-state index contributed by atoms with van der Waals surface area (Å²) in [5.74, 6) is 0. The average molecular weight is 778 g/mol. The molecule has 10 aromatic carbocycles. The Morgan fingerprint density at radius 1 is 0.344 bits per heavy atom. The summed E-state index contributed by atoms with van der Waals surface area (Å²) < 4.78 is 6.45. The third-order valence-corrected chi connectivity index (χ3v) is 12.7. The van der Waals surface area contributed by atoms with Gasteiger partial charge in [-0.05, 0) is 109 Å². The quantitative estimate of drug-likeness (QED) is 0.160. The van der Waals surface area contributed by atoms with Crippen molar-refractivity contribution in [2.75, 3.05) is 4.90 Å². The SMILES string of the molecule is c1ccc(C2(c3ccccc3)c3ccccc3-c3ccc(N(c4cccc(-c5ccc6ccccc6c5)c4)c4ccccc4-c4cccc5oc6ccccc6c45)cc32)cc1. The van der Waals surface area contributed by atoms with Crippen molar-refractivity contribution in [2.24, 2.45) is 0 Å². The van der Waals surface area contributed by atoms with Crippen molar-refractivity contribution in [1.29, 1.82) is 0 Å². The molecule has 0 saturated heterocycles. The van der Waals surface area contributed by atoms with E-state index in [-0.39, 0.29) is 0 Å². The fraction of sp³-hybridized carbons (Fsp3) is 0.0169. The molecule has 0 radical (unpaired) electrons. The van der Waals surface area contributed by atoms with E-state index in [9.17, 15) is 0 Å². The van der Waals surface area contributed by atoms with Gasteiger partial charge in [-0.3, -0.25) is 0 Å². The number of furan rings is 1. The van der Waals surface area contributed by atoms with E-state index in [1.54, 1.807) is 0 Å². The predicted octanol–water partition coefficient (Wildman–Crippen LogP) is 15.9. The maximum absolute atomic E-state index is 6.45.